The molecular formula is C18H24N2O5. The Morgan fingerprint density at radius 2 is 1.88 bits per heavy atom. The van der Waals surface area contributed by atoms with Crippen molar-refractivity contribution < 1.29 is 23.8 Å². The van der Waals surface area contributed by atoms with Gasteiger partial charge < -0.3 is 19.5 Å². The number of rotatable bonds is 10. The van der Waals surface area contributed by atoms with E-state index in [1.165, 1.54) is 7.11 Å². The van der Waals surface area contributed by atoms with Crippen LogP contribution in [0.5, 0.6) is 11.5 Å². The van der Waals surface area contributed by atoms with Crippen molar-refractivity contribution in [2.45, 2.75) is 25.9 Å². The van der Waals surface area contributed by atoms with Crippen molar-refractivity contribution in [1.29, 1.82) is 5.26 Å². The van der Waals surface area contributed by atoms with Crippen LogP contribution in [0.25, 0.3) is 0 Å². The molecular weight excluding hydrogens is 324 g/mol. The maximum atomic E-state index is 12.1. The molecule has 0 unspecified atom stereocenters. The summed E-state index contributed by atoms with van der Waals surface area (Å²) in [4.78, 5) is 24.2. The predicted octanol–water partition coefficient (Wildman–Crippen LogP) is 1.50. The molecule has 0 radical (unpaired) electrons. The summed E-state index contributed by atoms with van der Waals surface area (Å²) in [7, 11) is 4.49. The third kappa shape index (κ3) is 5.47. The summed E-state index contributed by atoms with van der Waals surface area (Å²) >= 11 is 0. The van der Waals surface area contributed by atoms with Gasteiger partial charge in [-0.05, 0) is 30.5 Å². The molecule has 1 amide bonds. The van der Waals surface area contributed by atoms with Crippen molar-refractivity contribution in [1.82, 2.24) is 5.32 Å². The van der Waals surface area contributed by atoms with Crippen LogP contribution in [0.3, 0.4) is 0 Å². The monoisotopic (exact) mass is 348 g/mol. The molecule has 0 saturated heterocycles. The zero-order chi connectivity index (χ0) is 18.8. The van der Waals surface area contributed by atoms with Gasteiger partial charge in [0.1, 0.15) is 6.10 Å². The number of ether oxygens (including phenoxy) is 3. The first-order valence-electron chi connectivity index (χ1n) is 7.97. The Balaban J connectivity index is 2.64. The Kier molecular flexibility index (Phi) is 8.44. The largest absolute Gasteiger partial charge is 0.493 e. The summed E-state index contributed by atoms with van der Waals surface area (Å²) in [6.07, 6.45) is 0.188. The van der Waals surface area contributed by atoms with Gasteiger partial charge >= 0.3 is 0 Å². The number of hydrogen-bond acceptors (Lipinski definition) is 6. The van der Waals surface area contributed by atoms with Crippen molar-refractivity contribution in [3.63, 3.8) is 0 Å². The Morgan fingerprint density at radius 3 is 2.40 bits per heavy atom. The quantitative estimate of drug-likeness (QED) is 0.644. The molecule has 7 heteroatoms. The number of nitrogens with zero attached hydrogens (tertiary/aromatic N) is 1. The van der Waals surface area contributed by atoms with Crippen molar-refractivity contribution in [3.05, 3.63) is 23.8 Å². The van der Waals surface area contributed by atoms with E-state index in [4.69, 9.17) is 19.5 Å². The van der Waals surface area contributed by atoms with Gasteiger partial charge in [0.25, 0.3) is 0 Å². The molecule has 7 nitrogen and oxygen atoms in total. The highest BCUT2D eigenvalue weighted by Gasteiger charge is 2.31. The van der Waals surface area contributed by atoms with Gasteiger partial charge in [-0.1, -0.05) is 13.0 Å². The second-order valence-electron chi connectivity index (χ2n) is 5.33. The average Bonchev–Trinajstić information content (AvgIpc) is 2.63. The molecule has 1 rings (SSSR count). The molecule has 0 fully saturated rings. The molecule has 0 bridgehead atoms. The number of methoxy groups -OCH3 is 3. The van der Waals surface area contributed by atoms with E-state index in [2.05, 4.69) is 5.32 Å². The minimum Gasteiger partial charge on any atom is -0.493 e. The van der Waals surface area contributed by atoms with E-state index >= 15 is 0 Å². The van der Waals surface area contributed by atoms with Crippen LogP contribution in [0.15, 0.2) is 18.2 Å². The van der Waals surface area contributed by atoms with Crippen molar-refractivity contribution in [2.75, 3.05) is 27.9 Å². The minimum absolute atomic E-state index is 0.295. The van der Waals surface area contributed by atoms with E-state index in [0.717, 1.165) is 5.56 Å². The van der Waals surface area contributed by atoms with Crippen LogP contribution < -0.4 is 14.8 Å². The molecule has 136 valence electrons. The second kappa shape index (κ2) is 10.3. The van der Waals surface area contributed by atoms with Crippen LogP contribution in [-0.4, -0.2) is 45.7 Å². The predicted molar refractivity (Wildman–Crippen MR) is 91.5 cm³/mol. The van der Waals surface area contributed by atoms with Gasteiger partial charge in [-0.3, -0.25) is 9.59 Å². The number of nitriles is 1. The van der Waals surface area contributed by atoms with Gasteiger partial charge in [0.2, 0.25) is 5.91 Å². The van der Waals surface area contributed by atoms with E-state index < -0.39 is 23.7 Å². The van der Waals surface area contributed by atoms with E-state index in [1.54, 1.807) is 33.3 Å². The molecule has 1 N–H and O–H groups in total. The van der Waals surface area contributed by atoms with Gasteiger partial charge in [0.15, 0.2) is 23.2 Å². The standard InChI is InChI=1S/C18H24N2O5/c1-5-14(23-2)17(21)13(11-19)18(22)20-9-8-12-6-7-15(24-3)16(10-12)25-4/h6-7,10,13-14H,5,8-9H2,1-4H3,(H,20,22)/t13-,14+/m0/s1. The summed E-state index contributed by atoms with van der Waals surface area (Å²) in [6.45, 7) is 2.05. The highest BCUT2D eigenvalue weighted by molar-refractivity contribution is 6.05. The van der Waals surface area contributed by atoms with Gasteiger partial charge in [-0.25, -0.2) is 0 Å². The molecule has 25 heavy (non-hydrogen) atoms. The van der Waals surface area contributed by atoms with Crippen LogP contribution in [-0.2, 0) is 20.7 Å². The Morgan fingerprint density at radius 1 is 1.20 bits per heavy atom. The van der Waals surface area contributed by atoms with Crippen molar-refractivity contribution in [3.8, 4) is 17.6 Å². The van der Waals surface area contributed by atoms with E-state index in [1.807, 2.05) is 12.1 Å². The van der Waals surface area contributed by atoms with E-state index in [0.29, 0.717) is 30.9 Å². The number of carbonyl (C=O) groups is 2. The smallest absolute Gasteiger partial charge is 0.245 e. The number of amides is 1. The second-order valence-corrected chi connectivity index (χ2v) is 5.33. The maximum Gasteiger partial charge on any atom is 0.245 e. The van der Waals surface area contributed by atoms with Crippen molar-refractivity contribution >= 4 is 11.7 Å². The first-order valence-corrected chi connectivity index (χ1v) is 7.97. The molecule has 0 heterocycles. The summed E-state index contributed by atoms with van der Waals surface area (Å²) in [5.41, 5.74) is 0.932. The lowest BCUT2D eigenvalue weighted by atomic mass is 9.98. The Labute approximate surface area is 147 Å². The molecule has 1 aromatic carbocycles. The lowest BCUT2D eigenvalue weighted by Crippen LogP contribution is -2.40. The average molecular weight is 348 g/mol. The topological polar surface area (TPSA) is 97.7 Å². The highest BCUT2D eigenvalue weighted by Crippen LogP contribution is 2.27. The van der Waals surface area contributed by atoms with Gasteiger partial charge in [-0.2, -0.15) is 5.26 Å². The van der Waals surface area contributed by atoms with Crippen LogP contribution in [0.1, 0.15) is 18.9 Å². The molecule has 1 aromatic rings. The number of carbonyl (C=O) groups excluding carboxylic acids is 2. The zero-order valence-corrected chi connectivity index (χ0v) is 15.0. The molecule has 0 saturated carbocycles. The first kappa shape index (κ1) is 20.5. The summed E-state index contributed by atoms with van der Waals surface area (Å²) in [6, 6.07) is 7.21. The number of nitrogens with one attached hydrogen (secondary N) is 1. The molecule has 0 aromatic heterocycles. The lowest BCUT2D eigenvalue weighted by Gasteiger charge is -2.15. The SMILES string of the molecule is CC[C@@H](OC)C(=O)[C@H](C#N)C(=O)NCCc1ccc(OC)c(OC)c1. The summed E-state index contributed by atoms with van der Waals surface area (Å²) < 4.78 is 15.4. The number of benzene rings is 1. The maximum absolute atomic E-state index is 12.1. The third-order valence-corrected chi connectivity index (χ3v) is 3.81. The normalized spacial score (nSPS) is 12.6. The number of hydrogen-bond donors (Lipinski definition) is 1. The van der Waals surface area contributed by atoms with Crippen LogP contribution >= 0.6 is 0 Å². The Hall–Kier alpha value is -2.59. The van der Waals surface area contributed by atoms with Crippen LogP contribution in [0, 0.1) is 17.2 Å². The van der Waals surface area contributed by atoms with Crippen LogP contribution in [0.2, 0.25) is 0 Å². The summed E-state index contributed by atoms with van der Waals surface area (Å²) in [5.74, 6) is -1.27. The van der Waals surface area contributed by atoms with E-state index in [9.17, 15) is 9.59 Å². The van der Waals surface area contributed by atoms with Gasteiger partial charge in [0.05, 0.1) is 20.3 Å². The van der Waals surface area contributed by atoms with E-state index in [-0.39, 0.29) is 0 Å². The Bertz CT molecular complexity index is 635. The van der Waals surface area contributed by atoms with Crippen LogP contribution in [0.4, 0.5) is 0 Å². The molecule has 0 aliphatic heterocycles. The fraction of sp³-hybridized carbons (Fsp3) is 0.500. The highest BCUT2D eigenvalue weighted by atomic mass is 16.5. The van der Waals surface area contributed by atoms with Gasteiger partial charge in [0, 0.05) is 13.7 Å². The fourth-order valence-electron chi connectivity index (χ4n) is 2.39. The first-order chi connectivity index (χ1) is 12.0. The molecule has 0 aliphatic carbocycles. The zero-order valence-electron chi connectivity index (χ0n) is 15.0. The fourth-order valence-corrected chi connectivity index (χ4v) is 2.39. The molecule has 2 atom stereocenters. The lowest BCUT2D eigenvalue weighted by molar-refractivity contribution is -0.137. The number of Topliss-reactive ketones (excluding diaryl/α,β-unsaturated/α-hetero) is 1. The summed E-state index contributed by atoms with van der Waals surface area (Å²) in [5, 5.41) is 11.8. The minimum atomic E-state index is -1.37. The third-order valence-electron chi connectivity index (χ3n) is 3.81. The number of ketones is 1. The molecule has 0 aliphatic rings. The molecule has 0 spiro atoms. The van der Waals surface area contributed by atoms with Crippen molar-refractivity contribution in [2.24, 2.45) is 5.92 Å². The van der Waals surface area contributed by atoms with Gasteiger partial charge in [-0.15, -0.1) is 0 Å².